The minimum atomic E-state index is -4.24. The summed E-state index contributed by atoms with van der Waals surface area (Å²) in [5.41, 5.74) is 7.49. The van der Waals surface area contributed by atoms with E-state index in [1.54, 1.807) is 6.07 Å². The smallest absolute Gasteiger partial charge is 0.295 e. The summed E-state index contributed by atoms with van der Waals surface area (Å²) in [7, 11) is -4.24. The van der Waals surface area contributed by atoms with Gasteiger partial charge in [-0.2, -0.15) is 8.42 Å². The van der Waals surface area contributed by atoms with Gasteiger partial charge in [0.25, 0.3) is 10.1 Å². The molecule has 4 nitrogen and oxygen atoms in total. The molecule has 162 valence electrons. The maximum atomic E-state index is 12.0. The lowest BCUT2D eigenvalue weighted by Crippen LogP contribution is -2.22. The summed E-state index contributed by atoms with van der Waals surface area (Å²) in [6.07, 6.45) is 12.2. The Balaban J connectivity index is 0.000000360. The first-order valence-corrected chi connectivity index (χ1v) is 12.6. The van der Waals surface area contributed by atoms with Crippen LogP contribution in [-0.4, -0.2) is 19.0 Å². The molecule has 0 radical (unpaired) electrons. The second kappa shape index (κ2) is 11.7. The van der Waals surface area contributed by atoms with E-state index >= 15 is 0 Å². The van der Waals surface area contributed by atoms with E-state index in [4.69, 9.17) is 5.73 Å². The first kappa shape index (κ1) is 23.8. The zero-order valence-corrected chi connectivity index (χ0v) is 18.8. The van der Waals surface area contributed by atoms with Crippen LogP contribution in [0.4, 0.5) is 0 Å². The van der Waals surface area contributed by atoms with Crippen molar-refractivity contribution < 1.29 is 13.0 Å². The van der Waals surface area contributed by atoms with Crippen molar-refractivity contribution in [3.05, 3.63) is 41.5 Å². The Kier molecular flexibility index (Phi) is 9.60. The van der Waals surface area contributed by atoms with Gasteiger partial charge in [-0.05, 0) is 55.0 Å². The summed E-state index contributed by atoms with van der Waals surface area (Å²) >= 11 is 0. The van der Waals surface area contributed by atoms with E-state index < -0.39 is 10.1 Å². The predicted molar refractivity (Wildman–Crippen MR) is 122 cm³/mol. The standard InChI is InChI=1S/C18H24O3S.C6H13N/c1-3-5-9-14-13-15-10-7-8-12-17(15)18(22(19,20)21)16(14)11-6-4-2;7-6-4-2-1-3-5-6/h7-8,10,12-13H,3-6,9,11H2,1-2H3,(H,19,20,21);6H,1-5,7H2. The normalized spacial score (nSPS) is 15.2. The third kappa shape index (κ3) is 7.09. The van der Waals surface area contributed by atoms with Crippen LogP contribution in [-0.2, 0) is 23.0 Å². The van der Waals surface area contributed by atoms with Gasteiger partial charge in [-0.1, -0.05) is 76.3 Å². The summed E-state index contributed by atoms with van der Waals surface area (Å²) in [6, 6.07) is 10.0. The van der Waals surface area contributed by atoms with Crippen LogP contribution in [0.25, 0.3) is 10.8 Å². The Morgan fingerprint density at radius 3 is 2.17 bits per heavy atom. The van der Waals surface area contributed by atoms with Crippen molar-refractivity contribution in [3.8, 4) is 0 Å². The molecule has 0 spiro atoms. The first-order chi connectivity index (χ1) is 13.9. The molecule has 1 saturated carbocycles. The zero-order chi connectivity index (χ0) is 21.3. The minimum absolute atomic E-state index is 0.116. The Hall–Kier alpha value is -1.43. The lowest BCUT2D eigenvalue weighted by atomic mass is 9.94. The number of benzene rings is 2. The maximum absolute atomic E-state index is 12.0. The van der Waals surface area contributed by atoms with Crippen LogP contribution in [0.3, 0.4) is 0 Å². The van der Waals surface area contributed by atoms with Crippen molar-refractivity contribution in [1.29, 1.82) is 0 Å². The molecule has 5 heteroatoms. The fourth-order valence-electron chi connectivity index (χ4n) is 4.06. The fraction of sp³-hybridized carbons (Fsp3) is 0.583. The summed E-state index contributed by atoms with van der Waals surface area (Å²) in [5, 5.41) is 1.50. The van der Waals surface area contributed by atoms with Gasteiger partial charge in [-0.25, -0.2) is 0 Å². The number of unbranched alkanes of at least 4 members (excludes halogenated alkanes) is 2. The van der Waals surface area contributed by atoms with Gasteiger partial charge in [-0.3, -0.25) is 4.55 Å². The van der Waals surface area contributed by atoms with Gasteiger partial charge in [0.05, 0.1) is 0 Å². The van der Waals surface area contributed by atoms with Crippen LogP contribution < -0.4 is 5.73 Å². The molecule has 2 aromatic rings. The molecule has 0 saturated heterocycles. The monoisotopic (exact) mass is 419 g/mol. The van der Waals surface area contributed by atoms with Crippen molar-refractivity contribution in [2.24, 2.45) is 5.73 Å². The van der Waals surface area contributed by atoms with E-state index in [9.17, 15) is 13.0 Å². The molecule has 1 fully saturated rings. The van der Waals surface area contributed by atoms with Gasteiger partial charge in [0.1, 0.15) is 4.90 Å². The average Bonchev–Trinajstić information content (AvgIpc) is 2.70. The molecule has 0 atom stereocenters. The van der Waals surface area contributed by atoms with E-state index in [0.29, 0.717) is 17.8 Å². The Morgan fingerprint density at radius 2 is 1.62 bits per heavy atom. The minimum Gasteiger partial charge on any atom is -0.328 e. The molecule has 29 heavy (non-hydrogen) atoms. The van der Waals surface area contributed by atoms with Crippen LogP contribution >= 0.6 is 0 Å². The highest BCUT2D eigenvalue weighted by molar-refractivity contribution is 7.86. The largest absolute Gasteiger partial charge is 0.328 e. The predicted octanol–water partition coefficient (Wildman–Crippen LogP) is 6.05. The summed E-state index contributed by atoms with van der Waals surface area (Å²) in [4.78, 5) is 0.116. The number of rotatable bonds is 7. The highest BCUT2D eigenvalue weighted by atomic mass is 32.2. The third-order valence-electron chi connectivity index (χ3n) is 5.68. The molecule has 3 N–H and O–H groups in total. The summed E-state index contributed by atoms with van der Waals surface area (Å²) in [6.45, 7) is 4.20. The van der Waals surface area contributed by atoms with Crippen LogP contribution in [0.1, 0.15) is 82.8 Å². The topological polar surface area (TPSA) is 80.4 Å². The van der Waals surface area contributed by atoms with Gasteiger partial charge in [0.15, 0.2) is 0 Å². The number of aryl methyl sites for hydroxylation is 1. The Bertz CT molecular complexity index is 871. The first-order valence-electron chi connectivity index (χ1n) is 11.1. The average molecular weight is 420 g/mol. The van der Waals surface area contributed by atoms with Crippen molar-refractivity contribution in [1.82, 2.24) is 0 Å². The third-order valence-corrected chi connectivity index (χ3v) is 6.67. The van der Waals surface area contributed by atoms with Crippen LogP contribution in [0.2, 0.25) is 0 Å². The lowest BCUT2D eigenvalue weighted by molar-refractivity contribution is 0.441. The molecular weight excluding hydrogens is 382 g/mol. The van der Waals surface area contributed by atoms with Crippen molar-refractivity contribution >= 4 is 20.9 Å². The van der Waals surface area contributed by atoms with Gasteiger partial charge in [0, 0.05) is 11.4 Å². The van der Waals surface area contributed by atoms with Crippen molar-refractivity contribution in [2.45, 2.75) is 95.4 Å². The molecule has 1 aliphatic carbocycles. The molecule has 0 heterocycles. The van der Waals surface area contributed by atoms with Crippen LogP contribution in [0.15, 0.2) is 35.2 Å². The lowest BCUT2D eigenvalue weighted by Gasteiger charge is -2.16. The van der Waals surface area contributed by atoms with Crippen molar-refractivity contribution in [2.75, 3.05) is 0 Å². The molecular formula is C24H37NO3S. The van der Waals surface area contributed by atoms with Crippen molar-refractivity contribution in [3.63, 3.8) is 0 Å². The molecule has 2 aromatic carbocycles. The Labute approximate surface area is 176 Å². The molecule has 1 aliphatic rings. The second-order valence-electron chi connectivity index (χ2n) is 8.14. The number of hydrogen-bond acceptors (Lipinski definition) is 3. The van der Waals surface area contributed by atoms with E-state index in [1.807, 2.05) is 18.2 Å². The maximum Gasteiger partial charge on any atom is 0.295 e. The SMILES string of the molecule is CCCCc1cc2ccccc2c(S(=O)(=O)O)c1CCCC.NC1CCCCC1. The molecule has 0 amide bonds. The van der Waals surface area contributed by atoms with E-state index in [0.717, 1.165) is 48.6 Å². The second-order valence-corrected chi connectivity index (χ2v) is 9.50. The number of nitrogens with two attached hydrogens (primary N) is 1. The van der Waals surface area contributed by atoms with Gasteiger partial charge in [-0.15, -0.1) is 0 Å². The van der Waals surface area contributed by atoms with Gasteiger partial charge >= 0.3 is 0 Å². The molecule has 0 aromatic heterocycles. The summed E-state index contributed by atoms with van der Waals surface area (Å²) < 4.78 is 33.8. The quantitative estimate of drug-likeness (QED) is 0.535. The summed E-state index contributed by atoms with van der Waals surface area (Å²) in [5.74, 6) is 0. The van der Waals surface area contributed by atoms with E-state index in [2.05, 4.69) is 19.9 Å². The molecule has 0 unspecified atom stereocenters. The van der Waals surface area contributed by atoms with Crippen LogP contribution in [0.5, 0.6) is 0 Å². The van der Waals surface area contributed by atoms with Gasteiger partial charge in [0.2, 0.25) is 0 Å². The van der Waals surface area contributed by atoms with Crippen LogP contribution in [0, 0.1) is 0 Å². The molecule has 0 aliphatic heterocycles. The number of fused-ring (bicyclic) bond motifs is 1. The zero-order valence-electron chi connectivity index (χ0n) is 18.0. The molecule has 0 bridgehead atoms. The van der Waals surface area contributed by atoms with E-state index in [1.165, 1.54) is 32.1 Å². The van der Waals surface area contributed by atoms with Gasteiger partial charge < -0.3 is 5.73 Å². The fourth-order valence-corrected chi connectivity index (χ4v) is 5.07. The molecule has 3 rings (SSSR count). The van der Waals surface area contributed by atoms with E-state index in [-0.39, 0.29) is 4.90 Å². The highest BCUT2D eigenvalue weighted by Gasteiger charge is 2.22. The number of hydrogen-bond donors (Lipinski definition) is 2. The Morgan fingerprint density at radius 1 is 1.00 bits per heavy atom. The highest BCUT2D eigenvalue weighted by Crippen LogP contribution is 2.32.